The molecular formula is C16H28N4. The van der Waals surface area contributed by atoms with Gasteiger partial charge >= 0.3 is 0 Å². The average Bonchev–Trinajstić information content (AvgIpc) is 2.48. The van der Waals surface area contributed by atoms with Gasteiger partial charge in [0, 0.05) is 19.6 Å². The van der Waals surface area contributed by atoms with Gasteiger partial charge in [-0.15, -0.1) is 5.10 Å². The monoisotopic (exact) mass is 276 g/mol. The summed E-state index contributed by atoms with van der Waals surface area (Å²) in [4.78, 5) is 2.30. The van der Waals surface area contributed by atoms with Crippen molar-refractivity contribution in [2.24, 2.45) is 5.92 Å². The van der Waals surface area contributed by atoms with Crippen LogP contribution in [0.25, 0.3) is 0 Å². The summed E-state index contributed by atoms with van der Waals surface area (Å²) in [6.07, 6.45) is 6.65. The molecule has 20 heavy (non-hydrogen) atoms. The summed E-state index contributed by atoms with van der Waals surface area (Å²) < 4.78 is 0. The van der Waals surface area contributed by atoms with E-state index in [0.717, 1.165) is 24.6 Å². The van der Waals surface area contributed by atoms with Gasteiger partial charge in [0.05, 0.1) is 5.69 Å². The lowest BCUT2D eigenvalue weighted by atomic mass is 9.94. The van der Waals surface area contributed by atoms with Gasteiger partial charge in [0.25, 0.3) is 0 Å². The Labute approximate surface area is 123 Å². The van der Waals surface area contributed by atoms with Crippen LogP contribution in [0, 0.1) is 5.92 Å². The first kappa shape index (κ1) is 15.2. The van der Waals surface area contributed by atoms with Crippen molar-refractivity contribution in [3.63, 3.8) is 0 Å². The highest BCUT2D eigenvalue weighted by Gasteiger charge is 2.19. The van der Waals surface area contributed by atoms with Gasteiger partial charge in [-0.2, -0.15) is 5.10 Å². The molecule has 1 fully saturated rings. The van der Waals surface area contributed by atoms with E-state index in [1.54, 1.807) is 0 Å². The van der Waals surface area contributed by atoms with Crippen LogP contribution in [0.1, 0.15) is 51.6 Å². The highest BCUT2D eigenvalue weighted by molar-refractivity contribution is 5.37. The fourth-order valence-corrected chi connectivity index (χ4v) is 2.78. The van der Waals surface area contributed by atoms with Gasteiger partial charge in [-0.25, -0.2) is 0 Å². The minimum Gasteiger partial charge on any atom is -0.355 e. The van der Waals surface area contributed by atoms with Crippen molar-refractivity contribution in [3.8, 4) is 0 Å². The van der Waals surface area contributed by atoms with Crippen molar-refractivity contribution in [1.29, 1.82) is 0 Å². The van der Waals surface area contributed by atoms with Crippen molar-refractivity contribution in [1.82, 2.24) is 15.5 Å². The lowest BCUT2D eigenvalue weighted by Crippen LogP contribution is -2.34. The van der Waals surface area contributed by atoms with Crippen LogP contribution in [0.5, 0.6) is 0 Å². The molecule has 1 N–H and O–H groups in total. The number of hydrogen-bond acceptors (Lipinski definition) is 4. The molecule has 4 nitrogen and oxygen atoms in total. The standard InChI is InChI=1S/C16H28N4/c1-13(2)11-17-12-14-9-10-16(19-18-14)20(3)15-7-5-4-6-8-15/h9-10,13,15,17H,4-8,11-12H2,1-3H3. The van der Waals surface area contributed by atoms with Crippen LogP contribution in [-0.2, 0) is 6.54 Å². The van der Waals surface area contributed by atoms with E-state index in [1.807, 2.05) is 0 Å². The van der Waals surface area contributed by atoms with Crippen LogP contribution in [0.4, 0.5) is 5.82 Å². The van der Waals surface area contributed by atoms with E-state index in [9.17, 15) is 0 Å². The number of rotatable bonds is 6. The number of nitrogens with zero attached hydrogens (tertiary/aromatic N) is 3. The maximum absolute atomic E-state index is 4.39. The zero-order valence-corrected chi connectivity index (χ0v) is 13.1. The second kappa shape index (κ2) is 7.58. The lowest BCUT2D eigenvalue weighted by Gasteiger charge is -2.31. The first-order valence-corrected chi connectivity index (χ1v) is 7.93. The molecule has 1 aromatic rings. The molecule has 0 amide bonds. The second-order valence-electron chi connectivity index (χ2n) is 6.31. The zero-order chi connectivity index (χ0) is 14.4. The molecule has 0 radical (unpaired) electrons. The predicted octanol–water partition coefficient (Wildman–Crippen LogP) is 2.99. The molecule has 1 aliphatic rings. The smallest absolute Gasteiger partial charge is 0.151 e. The number of aromatic nitrogens is 2. The van der Waals surface area contributed by atoms with Crippen molar-refractivity contribution in [2.75, 3.05) is 18.5 Å². The molecule has 4 heteroatoms. The fourth-order valence-electron chi connectivity index (χ4n) is 2.78. The molecule has 1 aliphatic carbocycles. The fraction of sp³-hybridized carbons (Fsp3) is 0.750. The number of nitrogens with one attached hydrogen (secondary N) is 1. The van der Waals surface area contributed by atoms with Gasteiger partial charge in [0.15, 0.2) is 5.82 Å². The van der Waals surface area contributed by atoms with E-state index in [4.69, 9.17) is 0 Å². The van der Waals surface area contributed by atoms with Gasteiger partial charge < -0.3 is 10.2 Å². The van der Waals surface area contributed by atoms with Crippen LogP contribution in [0.2, 0.25) is 0 Å². The van der Waals surface area contributed by atoms with Crippen molar-refractivity contribution >= 4 is 5.82 Å². The van der Waals surface area contributed by atoms with Crippen LogP contribution in [0.15, 0.2) is 12.1 Å². The van der Waals surface area contributed by atoms with E-state index in [2.05, 4.69) is 53.4 Å². The summed E-state index contributed by atoms with van der Waals surface area (Å²) in [5.74, 6) is 1.67. The molecule has 0 aliphatic heterocycles. The summed E-state index contributed by atoms with van der Waals surface area (Å²) in [5, 5.41) is 12.1. The third kappa shape index (κ3) is 4.44. The highest BCUT2D eigenvalue weighted by Crippen LogP contribution is 2.24. The van der Waals surface area contributed by atoms with Crippen molar-refractivity contribution in [2.45, 2.75) is 58.5 Å². The number of hydrogen-bond donors (Lipinski definition) is 1. The van der Waals surface area contributed by atoms with E-state index in [0.29, 0.717) is 12.0 Å². The van der Waals surface area contributed by atoms with Crippen molar-refractivity contribution < 1.29 is 0 Å². The molecule has 0 aromatic carbocycles. The van der Waals surface area contributed by atoms with Crippen molar-refractivity contribution in [3.05, 3.63) is 17.8 Å². The van der Waals surface area contributed by atoms with Crippen LogP contribution in [0.3, 0.4) is 0 Å². The summed E-state index contributed by atoms with van der Waals surface area (Å²) in [5.41, 5.74) is 1.02. The Bertz CT molecular complexity index is 382. The third-order valence-corrected chi connectivity index (χ3v) is 4.05. The molecule has 1 aromatic heterocycles. The Balaban J connectivity index is 1.86. The lowest BCUT2D eigenvalue weighted by molar-refractivity contribution is 0.425. The summed E-state index contributed by atoms with van der Waals surface area (Å²) >= 11 is 0. The largest absolute Gasteiger partial charge is 0.355 e. The SMILES string of the molecule is CC(C)CNCc1ccc(N(C)C2CCCCC2)nn1. The van der Waals surface area contributed by atoms with Crippen LogP contribution in [-0.4, -0.2) is 29.8 Å². The minimum atomic E-state index is 0.642. The molecule has 112 valence electrons. The second-order valence-corrected chi connectivity index (χ2v) is 6.31. The van der Waals surface area contributed by atoms with Gasteiger partial charge in [0.1, 0.15) is 0 Å². The zero-order valence-electron chi connectivity index (χ0n) is 13.1. The Hall–Kier alpha value is -1.16. The van der Waals surface area contributed by atoms with E-state index >= 15 is 0 Å². The first-order chi connectivity index (χ1) is 9.66. The molecule has 0 bridgehead atoms. The van der Waals surface area contributed by atoms with Gasteiger partial charge in [-0.3, -0.25) is 0 Å². The Kier molecular flexibility index (Phi) is 5.77. The molecule has 0 spiro atoms. The summed E-state index contributed by atoms with van der Waals surface area (Å²) in [6.45, 7) is 6.24. The first-order valence-electron chi connectivity index (χ1n) is 7.93. The average molecular weight is 276 g/mol. The quantitative estimate of drug-likeness (QED) is 0.867. The molecule has 0 saturated heterocycles. The van der Waals surface area contributed by atoms with Gasteiger partial charge in [0.2, 0.25) is 0 Å². The third-order valence-electron chi connectivity index (χ3n) is 4.05. The molecular weight excluding hydrogens is 248 g/mol. The number of anilines is 1. The Morgan fingerprint density at radius 2 is 1.95 bits per heavy atom. The maximum atomic E-state index is 4.39. The van der Waals surface area contributed by atoms with Gasteiger partial charge in [-0.05, 0) is 37.4 Å². The van der Waals surface area contributed by atoms with Crippen LogP contribution < -0.4 is 10.2 Å². The molecule has 1 heterocycles. The van der Waals surface area contributed by atoms with E-state index < -0.39 is 0 Å². The minimum absolute atomic E-state index is 0.642. The molecule has 0 unspecified atom stereocenters. The molecule has 1 saturated carbocycles. The Morgan fingerprint density at radius 1 is 1.20 bits per heavy atom. The van der Waals surface area contributed by atoms with Gasteiger partial charge in [-0.1, -0.05) is 33.1 Å². The summed E-state index contributed by atoms with van der Waals surface area (Å²) in [7, 11) is 2.15. The topological polar surface area (TPSA) is 41.0 Å². The van der Waals surface area contributed by atoms with E-state index in [-0.39, 0.29) is 0 Å². The highest BCUT2D eigenvalue weighted by atomic mass is 15.3. The van der Waals surface area contributed by atoms with E-state index in [1.165, 1.54) is 32.1 Å². The normalized spacial score (nSPS) is 16.6. The Morgan fingerprint density at radius 3 is 2.55 bits per heavy atom. The summed E-state index contributed by atoms with van der Waals surface area (Å²) in [6, 6.07) is 4.84. The maximum Gasteiger partial charge on any atom is 0.151 e. The molecule has 2 rings (SSSR count). The van der Waals surface area contributed by atoms with Crippen LogP contribution >= 0.6 is 0 Å². The molecule has 0 atom stereocenters. The predicted molar refractivity (Wildman–Crippen MR) is 83.9 cm³/mol.